The number of ether oxygens (including phenoxy) is 1. The lowest BCUT2D eigenvalue weighted by molar-refractivity contribution is -0.143. The van der Waals surface area contributed by atoms with Gasteiger partial charge >= 0.3 is 5.97 Å². The van der Waals surface area contributed by atoms with E-state index in [1.54, 1.807) is 0 Å². The van der Waals surface area contributed by atoms with Crippen molar-refractivity contribution in [1.82, 2.24) is 0 Å². The van der Waals surface area contributed by atoms with Crippen molar-refractivity contribution in [1.29, 1.82) is 0 Å². The molecule has 88 valence electrons. The normalized spacial score (nSPS) is 29.9. The number of rotatable bonds is 5. The molecule has 0 amide bonds. The summed E-state index contributed by atoms with van der Waals surface area (Å²) < 4.78 is 26.3. The fraction of sp³-hybridized carbons (Fsp3) is 0.889. The van der Waals surface area contributed by atoms with Crippen LogP contribution < -0.4 is 5.73 Å². The summed E-state index contributed by atoms with van der Waals surface area (Å²) in [4.78, 5) is 11.2. The second-order valence-electron chi connectivity index (χ2n) is 4.21. The van der Waals surface area contributed by atoms with E-state index in [2.05, 4.69) is 4.74 Å². The highest BCUT2D eigenvalue weighted by atomic mass is 32.2. The van der Waals surface area contributed by atoms with Crippen molar-refractivity contribution in [3.05, 3.63) is 0 Å². The van der Waals surface area contributed by atoms with E-state index in [0.29, 0.717) is 19.3 Å². The lowest BCUT2D eigenvalue weighted by atomic mass is 10.1. The summed E-state index contributed by atoms with van der Waals surface area (Å²) in [6, 6.07) is 0. The highest BCUT2D eigenvalue weighted by Crippen LogP contribution is 2.45. The molecule has 0 aliphatic heterocycles. The Balaban J connectivity index is 2.31. The Kier molecular flexibility index (Phi) is 3.40. The molecule has 0 aromatic rings. The smallest absolute Gasteiger partial charge is 0.326 e. The Bertz CT molecular complexity index is 351. The van der Waals surface area contributed by atoms with Gasteiger partial charge in [-0.25, -0.2) is 8.42 Å². The molecule has 2 N–H and O–H groups in total. The number of sulfone groups is 1. The molecule has 0 radical (unpaired) electrons. The third-order valence-electron chi connectivity index (χ3n) is 2.79. The van der Waals surface area contributed by atoms with Crippen LogP contribution in [0.1, 0.15) is 19.3 Å². The fourth-order valence-electron chi connectivity index (χ4n) is 1.74. The first-order valence-corrected chi connectivity index (χ1v) is 6.90. The number of carbonyl (C=O) groups excluding carboxylic acids is 1. The highest BCUT2D eigenvalue weighted by Gasteiger charge is 2.57. The maximum atomic E-state index is 11.2. The predicted octanol–water partition coefficient (Wildman–Crippen LogP) is -0.298. The number of methoxy groups -OCH3 is 1. The van der Waals surface area contributed by atoms with Crippen LogP contribution >= 0.6 is 0 Å². The minimum absolute atomic E-state index is 0.0756. The standard InChI is InChI=1S/C9H17NO4S/c1-14-8(11)9(10)6-7(9)4-3-5-15(2,12)13/h7H,3-6,10H2,1-2H3/t7-,9-/m1/s1. The van der Waals surface area contributed by atoms with Gasteiger partial charge in [-0.15, -0.1) is 0 Å². The van der Waals surface area contributed by atoms with Gasteiger partial charge in [-0.05, 0) is 25.2 Å². The molecule has 1 saturated carbocycles. The average molecular weight is 235 g/mol. The molecule has 0 saturated heterocycles. The lowest BCUT2D eigenvalue weighted by Crippen LogP contribution is -2.36. The van der Waals surface area contributed by atoms with Gasteiger partial charge in [0, 0.05) is 12.0 Å². The SMILES string of the molecule is COC(=O)[C@@]1(N)C[C@H]1CCCS(C)(=O)=O. The zero-order valence-corrected chi connectivity index (χ0v) is 9.84. The highest BCUT2D eigenvalue weighted by molar-refractivity contribution is 7.90. The van der Waals surface area contributed by atoms with Gasteiger partial charge in [-0.3, -0.25) is 4.79 Å². The van der Waals surface area contributed by atoms with Gasteiger partial charge in [0.05, 0.1) is 7.11 Å². The van der Waals surface area contributed by atoms with Crippen molar-refractivity contribution in [3.63, 3.8) is 0 Å². The van der Waals surface area contributed by atoms with Crippen LogP contribution in [0.5, 0.6) is 0 Å². The molecule has 0 unspecified atom stereocenters. The minimum Gasteiger partial charge on any atom is -0.468 e. The Labute approximate surface area is 89.9 Å². The van der Waals surface area contributed by atoms with Crippen LogP contribution in [0.2, 0.25) is 0 Å². The zero-order valence-electron chi connectivity index (χ0n) is 9.02. The summed E-state index contributed by atoms with van der Waals surface area (Å²) in [5.74, 6) is -0.167. The number of hydrogen-bond donors (Lipinski definition) is 1. The van der Waals surface area contributed by atoms with Gasteiger partial charge in [0.1, 0.15) is 15.4 Å². The van der Waals surface area contributed by atoms with Crippen LogP contribution in [0.3, 0.4) is 0 Å². The van der Waals surface area contributed by atoms with Crippen LogP contribution in [0.15, 0.2) is 0 Å². The molecule has 6 heteroatoms. The molecule has 1 aliphatic carbocycles. The van der Waals surface area contributed by atoms with Crippen LogP contribution in [-0.2, 0) is 19.4 Å². The van der Waals surface area contributed by atoms with E-state index < -0.39 is 21.3 Å². The lowest BCUT2D eigenvalue weighted by Gasteiger charge is -2.07. The van der Waals surface area contributed by atoms with Crippen LogP contribution in [0.25, 0.3) is 0 Å². The number of hydrogen-bond acceptors (Lipinski definition) is 5. The van der Waals surface area contributed by atoms with Crippen molar-refractivity contribution >= 4 is 15.8 Å². The molecule has 15 heavy (non-hydrogen) atoms. The third-order valence-corrected chi connectivity index (χ3v) is 3.82. The van der Waals surface area contributed by atoms with Crippen LogP contribution in [0, 0.1) is 5.92 Å². The largest absolute Gasteiger partial charge is 0.468 e. The molecule has 0 aromatic carbocycles. The van der Waals surface area contributed by atoms with Gasteiger partial charge in [-0.1, -0.05) is 0 Å². The van der Waals surface area contributed by atoms with Crippen molar-refractivity contribution < 1.29 is 17.9 Å². The van der Waals surface area contributed by atoms with E-state index >= 15 is 0 Å². The topological polar surface area (TPSA) is 86.5 Å². The summed E-state index contributed by atoms with van der Waals surface area (Å²) in [6.45, 7) is 0. The Morgan fingerprint density at radius 2 is 2.20 bits per heavy atom. The second kappa shape index (κ2) is 4.09. The molecule has 0 heterocycles. The van der Waals surface area contributed by atoms with E-state index in [9.17, 15) is 13.2 Å². The Hall–Kier alpha value is -0.620. The average Bonchev–Trinajstić information content (AvgIpc) is 2.75. The summed E-state index contributed by atoms with van der Waals surface area (Å²) in [6.07, 6.45) is 3.03. The van der Waals surface area contributed by atoms with Crippen molar-refractivity contribution in [3.8, 4) is 0 Å². The molecule has 1 fully saturated rings. The number of carbonyl (C=O) groups is 1. The van der Waals surface area contributed by atoms with Crippen molar-refractivity contribution in [2.45, 2.75) is 24.8 Å². The minimum atomic E-state index is -2.91. The zero-order chi connectivity index (χ0) is 11.7. The molecule has 1 aliphatic rings. The van der Waals surface area contributed by atoms with E-state index in [4.69, 9.17) is 5.73 Å². The van der Waals surface area contributed by atoms with E-state index in [0.717, 1.165) is 0 Å². The first-order valence-electron chi connectivity index (χ1n) is 4.84. The summed E-state index contributed by atoms with van der Waals surface area (Å²) in [7, 11) is -1.60. The molecule has 0 bridgehead atoms. The van der Waals surface area contributed by atoms with Crippen LogP contribution in [0.4, 0.5) is 0 Å². The molecule has 0 spiro atoms. The van der Waals surface area contributed by atoms with Crippen LogP contribution in [-0.4, -0.2) is 39.0 Å². The van der Waals surface area contributed by atoms with Gasteiger partial charge in [0.15, 0.2) is 0 Å². The molecule has 1 rings (SSSR count). The summed E-state index contributed by atoms with van der Waals surface area (Å²) in [5, 5.41) is 0. The fourth-order valence-corrected chi connectivity index (χ4v) is 2.43. The first kappa shape index (κ1) is 12.4. The van der Waals surface area contributed by atoms with Crippen molar-refractivity contribution in [2.75, 3.05) is 19.1 Å². The van der Waals surface area contributed by atoms with Crippen molar-refractivity contribution in [2.24, 2.45) is 11.7 Å². The van der Waals surface area contributed by atoms with E-state index in [1.807, 2.05) is 0 Å². The predicted molar refractivity (Wildman–Crippen MR) is 56.0 cm³/mol. The number of esters is 1. The van der Waals surface area contributed by atoms with E-state index in [1.165, 1.54) is 13.4 Å². The maximum absolute atomic E-state index is 11.2. The Morgan fingerprint density at radius 1 is 1.60 bits per heavy atom. The summed E-state index contributed by atoms with van der Waals surface area (Å²) in [5.41, 5.74) is 4.92. The summed E-state index contributed by atoms with van der Waals surface area (Å²) >= 11 is 0. The maximum Gasteiger partial charge on any atom is 0.326 e. The van der Waals surface area contributed by atoms with Gasteiger partial charge in [-0.2, -0.15) is 0 Å². The molecule has 5 nitrogen and oxygen atoms in total. The van der Waals surface area contributed by atoms with Gasteiger partial charge in [0.2, 0.25) is 0 Å². The van der Waals surface area contributed by atoms with Gasteiger partial charge in [0.25, 0.3) is 0 Å². The Morgan fingerprint density at radius 3 is 2.67 bits per heavy atom. The first-order chi connectivity index (χ1) is 6.79. The van der Waals surface area contributed by atoms with Gasteiger partial charge < -0.3 is 10.5 Å². The molecule has 0 aromatic heterocycles. The number of nitrogens with two attached hydrogens (primary N) is 1. The second-order valence-corrected chi connectivity index (χ2v) is 6.46. The molecular weight excluding hydrogens is 218 g/mol. The monoisotopic (exact) mass is 235 g/mol. The van der Waals surface area contributed by atoms with E-state index in [-0.39, 0.29) is 11.7 Å². The quantitative estimate of drug-likeness (QED) is 0.661. The third kappa shape index (κ3) is 3.17. The molecular formula is C9H17NO4S. The molecule has 2 atom stereocenters.